The third-order valence-corrected chi connectivity index (χ3v) is 4.70. The lowest BCUT2D eigenvalue weighted by Crippen LogP contribution is -2.20. The Hall–Kier alpha value is -0.400. The molecule has 0 aliphatic heterocycles. The van der Waals surface area contributed by atoms with Crippen molar-refractivity contribution in [1.29, 1.82) is 0 Å². The van der Waals surface area contributed by atoms with Crippen molar-refractivity contribution < 1.29 is 4.74 Å². The van der Waals surface area contributed by atoms with Gasteiger partial charge in [0.2, 0.25) is 0 Å². The van der Waals surface area contributed by atoms with Gasteiger partial charge in [0, 0.05) is 10.7 Å². The first-order valence-electron chi connectivity index (χ1n) is 6.13. The highest BCUT2D eigenvalue weighted by Gasteiger charge is 2.30. The molecule has 0 amide bonds. The second-order valence-corrected chi connectivity index (χ2v) is 6.37. The van der Waals surface area contributed by atoms with Gasteiger partial charge in [0.05, 0.1) is 23.2 Å². The van der Waals surface area contributed by atoms with Gasteiger partial charge in [-0.15, -0.1) is 0 Å². The summed E-state index contributed by atoms with van der Waals surface area (Å²) in [6.07, 6.45) is 3.77. The third kappa shape index (κ3) is 2.02. The summed E-state index contributed by atoms with van der Waals surface area (Å²) in [6, 6.07) is 6.78. The first-order chi connectivity index (χ1) is 8.70. The molecule has 18 heavy (non-hydrogen) atoms. The van der Waals surface area contributed by atoms with Crippen LogP contribution in [0.2, 0.25) is 0 Å². The number of rotatable bonds is 2. The summed E-state index contributed by atoms with van der Waals surface area (Å²) in [5.41, 5.74) is 2.31. The van der Waals surface area contributed by atoms with Crippen molar-refractivity contribution in [2.45, 2.75) is 31.4 Å². The van der Waals surface area contributed by atoms with Crippen LogP contribution in [0.4, 0.5) is 0 Å². The van der Waals surface area contributed by atoms with Crippen LogP contribution < -0.4 is 0 Å². The van der Waals surface area contributed by atoms with Gasteiger partial charge in [0.1, 0.15) is 0 Å². The monoisotopic (exact) mass is 374 g/mol. The minimum Gasteiger partial charge on any atom is -0.379 e. The number of fused-ring (bicyclic) bond motifs is 1. The summed E-state index contributed by atoms with van der Waals surface area (Å²) < 4.78 is 9.86. The van der Waals surface area contributed by atoms with Crippen LogP contribution in [0, 0.1) is 8.34 Å². The van der Waals surface area contributed by atoms with Gasteiger partial charge in [-0.05, 0) is 72.3 Å². The van der Waals surface area contributed by atoms with Crippen LogP contribution in [0.3, 0.4) is 0 Å². The second kappa shape index (κ2) is 4.94. The van der Waals surface area contributed by atoms with Crippen LogP contribution in [-0.4, -0.2) is 22.8 Å². The number of benzene rings is 1. The van der Waals surface area contributed by atoms with Gasteiger partial charge in [-0.1, -0.05) is 0 Å². The van der Waals surface area contributed by atoms with Crippen molar-refractivity contribution in [3.63, 3.8) is 0 Å². The maximum absolute atomic E-state index is 5.59. The lowest BCUT2D eigenvalue weighted by atomic mass is 10.2. The maximum atomic E-state index is 5.59. The smallest absolute Gasteiger partial charge is 0.178 e. The molecule has 1 heterocycles. The van der Waals surface area contributed by atoms with E-state index in [0.717, 1.165) is 23.1 Å². The molecule has 1 aliphatic carbocycles. The Balaban J connectivity index is 2.16. The molecule has 1 saturated carbocycles. The fourth-order valence-electron chi connectivity index (χ4n) is 2.91. The van der Waals surface area contributed by atoms with Gasteiger partial charge in [-0.25, -0.2) is 0 Å². The van der Waals surface area contributed by atoms with Crippen LogP contribution in [0.1, 0.15) is 25.3 Å². The first-order valence-corrected chi connectivity index (χ1v) is 7.62. The standard InChI is InChI=1S/C13H15IN2OS/c1-17-12-4-2-3-11(12)16-10-6-5-8(14)7-9(10)15-13(16)18/h5-7,11-12H,2-4H2,1H3,(H,15,18). The molecule has 3 rings (SSSR count). The molecule has 3 nitrogen and oxygen atoms in total. The molecule has 5 heteroatoms. The van der Waals surface area contributed by atoms with Gasteiger partial charge in [0.15, 0.2) is 4.77 Å². The van der Waals surface area contributed by atoms with Gasteiger partial charge in [0.25, 0.3) is 0 Å². The highest BCUT2D eigenvalue weighted by molar-refractivity contribution is 14.1. The van der Waals surface area contributed by atoms with Crippen LogP contribution in [-0.2, 0) is 4.74 Å². The van der Waals surface area contributed by atoms with E-state index in [1.54, 1.807) is 7.11 Å². The minimum atomic E-state index is 0.287. The Morgan fingerprint density at radius 3 is 3.06 bits per heavy atom. The molecule has 1 aromatic carbocycles. The Morgan fingerprint density at radius 2 is 2.28 bits per heavy atom. The summed E-state index contributed by atoms with van der Waals surface area (Å²) in [7, 11) is 1.80. The van der Waals surface area contributed by atoms with E-state index in [9.17, 15) is 0 Å². The molecule has 0 saturated heterocycles. The topological polar surface area (TPSA) is 29.9 Å². The predicted octanol–water partition coefficient (Wildman–Crippen LogP) is 4.04. The van der Waals surface area contributed by atoms with Crippen molar-refractivity contribution in [3.8, 4) is 0 Å². The Labute approximate surface area is 125 Å². The SMILES string of the molecule is COC1CCCC1n1c(=S)[nH]c2cc(I)ccc21. The zero-order valence-electron chi connectivity index (χ0n) is 10.1. The van der Waals surface area contributed by atoms with Crippen molar-refractivity contribution in [2.24, 2.45) is 0 Å². The number of aromatic amines is 1. The average molecular weight is 374 g/mol. The van der Waals surface area contributed by atoms with E-state index in [-0.39, 0.29) is 6.10 Å². The molecule has 96 valence electrons. The fraction of sp³-hybridized carbons (Fsp3) is 0.462. The summed E-state index contributed by atoms with van der Waals surface area (Å²) in [5.74, 6) is 0. The minimum absolute atomic E-state index is 0.287. The molecule has 1 aliphatic rings. The highest BCUT2D eigenvalue weighted by atomic mass is 127. The number of imidazole rings is 1. The summed E-state index contributed by atoms with van der Waals surface area (Å²) in [4.78, 5) is 3.31. The molecule has 1 N–H and O–H groups in total. The van der Waals surface area contributed by atoms with Crippen LogP contribution in [0.15, 0.2) is 18.2 Å². The van der Waals surface area contributed by atoms with Crippen molar-refractivity contribution in [1.82, 2.24) is 9.55 Å². The molecule has 0 spiro atoms. The summed E-state index contributed by atoms with van der Waals surface area (Å²) in [5, 5.41) is 0. The Morgan fingerprint density at radius 1 is 1.44 bits per heavy atom. The third-order valence-electron chi connectivity index (χ3n) is 3.73. The van der Waals surface area contributed by atoms with Gasteiger partial charge >= 0.3 is 0 Å². The molecule has 0 bridgehead atoms. The molecule has 0 radical (unpaired) electrons. The number of hydrogen-bond acceptors (Lipinski definition) is 2. The average Bonchev–Trinajstić information content (AvgIpc) is 2.90. The quantitative estimate of drug-likeness (QED) is 0.635. The zero-order valence-corrected chi connectivity index (χ0v) is 13.1. The van der Waals surface area contributed by atoms with Crippen LogP contribution >= 0.6 is 34.8 Å². The molecule has 1 aromatic heterocycles. The van der Waals surface area contributed by atoms with E-state index >= 15 is 0 Å². The van der Waals surface area contributed by atoms with Crippen LogP contribution in [0.5, 0.6) is 0 Å². The highest BCUT2D eigenvalue weighted by Crippen LogP contribution is 2.35. The molecule has 1 fully saturated rings. The number of methoxy groups -OCH3 is 1. The van der Waals surface area contributed by atoms with E-state index in [4.69, 9.17) is 17.0 Å². The normalized spacial score (nSPS) is 23.9. The number of hydrogen-bond donors (Lipinski definition) is 1. The van der Waals surface area contributed by atoms with Crippen molar-refractivity contribution in [3.05, 3.63) is 26.5 Å². The maximum Gasteiger partial charge on any atom is 0.178 e. The Kier molecular flexibility index (Phi) is 3.46. The Bertz CT molecular complexity index is 633. The fourth-order valence-corrected chi connectivity index (χ4v) is 3.74. The summed E-state index contributed by atoms with van der Waals surface area (Å²) >= 11 is 7.80. The molecular weight excluding hydrogens is 359 g/mol. The van der Waals surface area contributed by atoms with E-state index in [0.29, 0.717) is 6.04 Å². The number of aromatic nitrogens is 2. The molecular formula is C13H15IN2OS. The van der Waals surface area contributed by atoms with E-state index in [1.807, 2.05) is 0 Å². The van der Waals surface area contributed by atoms with E-state index in [2.05, 4.69) is 50.3 Å². The number of nitrogens with one attached hydrogen (secondary N) is 1. The van der Waals surface area contributed by atoms with Crippen LogP contribution in [0.25, 0.3) is 11.0 Å². The van der Waals surface area contributed by atoms with Gasteiger partial charge in [-0.3, -0.25) is 0 Å². The predicted molar refractivity (Wildman–Crippen MR) is 83.5 cm³/mol. The lowest BCUT2D eigenvalue weighted by Gasteiger charge is -2.20. The first kappa shape index (κ1) is 12.6. The number of H-pyrrole nitrogens is 1. The zero-order chi connectivity index (χ0) is 12.7. The number of nitrogens with zero attached hydrogens (tertiary/aromatic N) is 1. The van der Waals surface area contributed by atoms with Crippen molar-refractivity contribution >= 4 is 45.8 Å². The largest absolute Gasteiger partial charge is 0.379 e. The molecule has 2 atom stereocenters. The summed E-state index contributed by atoms with van der Waals surface area (Å²) in [6.45, 7) is 0. The second-order valence-electron chi connectivity index (χ2n) is 4.73. The van der Waals surface area contributed by atoms with E-state index in [1.165, 1.54) is 15.5 Å². The number of ether oxygens (including phenoxy) is 1. The number of halogens is 1. The molecule has 2 aromatic rings. The lowest BCUT2D eigenvalue weighted by molar-refractivity contribution is 0.0758. The van der Waals surface area contributed by atoms with Crippen molar-refractivity contribution in [2.75, 3.05) is 7.11 Å². The van der Waals surface area contributed by atoms with Gasteiger partial charge in [-0.2, -0.15) is 0 Å². The molecule has 2 unspecified atom stereocenters. The van der Waals surface area contributed by atoms with Gasteiger partial charge < -0.3 is 14.3 Å². The van der Waals surface area contributed by atoms with E-state index < -0.39 is 0 Å².